The minimum absolute atomic E-state index is 0.0945. The van der Waals surface area contributed by atoms with Crippen molar-refractivity contribution in [1.29, 1.82) is 0 Å². The molecule has 0 aliphatic carbocycles. The molecular formula is C15H25N3O. The molecule has 0 amide bonds. The minimum atomic E-state index is -0.0945. The highest BCUT2D eigenvalue weighted by molar-refractivity contribution is 5.47. The van der Waals surface area contributed by atoms with Crippen molar-refractivity contribution in [2.75, 3.05) is 24.5 Å². The molecule has 0 spiro atoms. The van der Waals surface area contributed by atoms with E-state index in [1.807, 2.05) is 6.20 Å². The molecule has 4 heteroatoms. The van der Waals surface area contributed by atoms with Gasteiger partial charge < -0.3 is 15.0 Å². The standard InChI is InChI=1S/C15H25N3O/c1-5-16-9-13-8-14(6-7-17-13)18-10-12(2)19-15(3,4)11-18/h6-8,12,16H,5,9-11H2,1-4H3. The van der Waals surface area contributed by atoms with Crippen LogP contribution in [0.5, 0.6) is 0 Å². The van der Waals surface area contributed by atoms with Gasteiger partial charge in [0.25, 0.3) is 0 Å². The summed E-state index contributed by atoms with van der Waals surface area (Å²) in [6.07, 6.45) is 2.16. The van der Waals surface area contributed by atoms with Crippen LogP contribution in [0, 0.1) is 0 Å². The summed E-state index contributed by atoms with van der Waals surface area (Å²) >= 11 is 0. The lowest BCUT2D eigenvalue weighted by atomic mass is 10.0. The fourth-order valence-electron chi connectivity index (χ4n) is 2.66. The van der Waals surface area contributed by atoms with Crippen LogP contribution in [0.2, 0.25) is 0 Å². The van der Waals surface area contributed by atoms with E-state index in [0.717, 1.165) is 31.9 Å². The Morgan fingerprint density at radius 1 is 1.53 bits per heavy atom. The third kappa shape index (κ3) is 3.91. The van der Waals surface area contributed by atoms with Gasteiger partial charge in [0.15, 0.2) is 0 Å². The molecule has 0 aromatic carbocycles. The van der Waals surface area contributed by atoms with Crippen LogP contribution < -0.4 is 10.2 Å². The van der Waals surface area contributed by atoms with Crippen molar-refractivity contribution in [3.05, 3.63) is 24.0 Å². The Morgan fingerprint density at radius 2 is 2.32 bits per heavy atom. The monoisotopic (exact) mass is 263 g/mol. The maximum atomic E-state index is 5.95. The van der Waals surface area contributed by atoms with Gasteiger partial charge in [0, 0.05) is 31.5 Å². The second kappa shape index (κ2) is 5.88. The van der Waals surface area contributed by atoms with E-state index in [1.54, 1.807) is 0 Å². The maximum absolute atomic E-state index is 5.95. The fourth-order valence-corrected chi connectivity index (χ4v) is 2.66. The van der Waals surface area contributed by atoms with Gasteiger partial charge in [0.1, 0.15) is 0 Å². The second-order valence-corrected chi connectivity index (χ2v) is 5.85. The molecular weight excluding hydrogens is 238 g/mol. The van der Waals surface area contributed by atoms with Crippen molar-refractivity contribution in [1.82, 2.24) is 10.3 Å². The summed E-state index contributed by atoms with van der Waals surface area (Å²) < 4.78 is 5.95. The number of morpholine rings is 1. The second-order valence-electron chi connectivity index (χ2n) is 5.85. The lowest BCUT2D eigenvalue weighted by Gasteiger charge is -2.43. The highest BCUT2D eigenvalue weighted by Crippen LogP contribution is 2.25. The molecule has 1 aliphatic heterocycles. The minimum Gasteiger partial charge on any atom is -0.369 e. The lowest BCUT2D eigenvalue weighted by molar-refractivity contribution is -0.0749. The molecule has 1 N–H and O–H groups in total. The molecule has 2 heterocycles. The molecule has 0 saturated carbocycles. The first-order chi connectivity index (χ1) is 9.00. The Kier molecular flexibility index (Phi) is 4.42. The van der Waals surface area contributed by atoms with Gasteiger partial charge in [0.05, 0.1) is 17.4 Å². The highest BCUT2D eigenvalue weighted by atomic mass is 16.5. The van der Waals surface area contributed by atoms with Crippen LogP contribution in [-0.4, -0.2) is 36.3 Å². The van der Waals surface area contributed by atoms with Crippen LogP contribution in [0.25, 0.3) is 0 Å². The van der Waals surface area contributed by atoms with Crippen molar-refractivity contribution in [3.63, 3.8) is 0 Å². The Bertz CT molecular complexity index is 420. The van der Waals surface area contributed by atoms with Gasteiger partial charge >= 0.3 is 0 Å². The molecule has 1 fully saturated rings. The van der Waals surface area contributed by atoms with Gasteiger partial charge in [0.2, 0.25) is 0 Å². The molecule has 0 radical (unpaired) electrons. The first-order valence-corrected chi connectivity index (χ1v) is 7.08. The SMILES string of the molecule is CCNCc1cc(N2CC(C)OC(C)(C)C2)ccn1. The van der Waals surface area contributed by atoms with Crippen LogP contribution in [0.4, 0.5) is 5.69 Å². The van der Waals surface area contributed by atoms with Gasteiger partial charge in [-0.2, -0.15) is 0 Å². The van der Waals surface area contributed by atoms with Crippen LogP contribution in [0.1, 0.15) is 33.4 Å². The van der Waals surface area contributed by atoms with E-state index in [0.29, 0.717) is 0 Å². The van der Waals surface area contributed by atoms with Gasteiger partial charge in [-0.3, -0.25) is 4.98 Å². The molecule has 1 atom stereocenters. The number of hydrogen-bond acceptors (Lipinski definition) is 4. The third-order valence-electron chi connectivity index (χ3n) is 3.29. The predicted molar refractivity (Wildman–Crippen MR) is 78.5 cm³/mol. The largest absolute Gasteiger partial charge is 0.369 e. The summed E-state index contributed by atoms with van der Waals surface area (Å²) in [7, 11) is 0. The number of pyridine rings is 1. The average molecular weight is 263 g/mol. The zero-order valence-electron chi connectivity index (χ0n) is 12.4. The van der Waals surface area contributed by atoms with Crippen molar-refractivity contribution in [2.24, 2.45) is 0 Å². The molecule has 106 valence electrons. The van der Waals surface area contributed by atoms with Gasteiger partial charge in [-0.25, -0.2) is 0 Å². The summed E-state index contributed by atoms with van der Waals surface area (Å²) in [5, 5.41) is 3.31. The van der Waals surface area contributed by atoms with E-state index in [2.05, 4.69) is 55.0 Å². The van der Waals surface area contributed by atoms with E-state index >= 15 is 0 Å². The van der Waals surface area contributed by atoms with E-state index in [-0.39, 0.29) is 11.7 Å². The Balaban J connectivity index is 2.12. The quantitative estimate of drug-likeness (QED) is 0.903. The normalized spacial score (nSPS) is 22.5. The van der Waals surface area contributed by atoms with Crippen molar-refractivity contribution >= 4 is 5.69 Å². The fraction of sp³-hybridized carbons (Fsp3) is 0.667. The molecule has 4 nitrogen and oxygen atoms in total. The number of ether oxygens (including phenoxy) is 1. The van der Waals surface area contributed by atoms with E-state index in [1.165, 1.54) is 5.69 Å². The molecule has 0 bridgehead atoms. The first-order valence-electron chi connectivity index (χ1n) is 7.08. The van der Waals surface area contributed by atoms with E-state index < -0.39 is 0 Å². The molecule has 1 saturated heterocycles. The summed E-state index contributed by atoms with van der Waals surface area (Å²) in [4.78, 5) is 6.80. The topological polar surface area (TPSA) is 37.4 Å². The summed E-state index contributed by atoms with van der Waals surface area (Å²) in [5.74, 6) is 0. The number of aromatic nitrogens is 1. The van der Waals surface area contributed by atoms with Gasteiger partial charge in [-0.1, -0.05) is 6.92 Å². The van der Waals surface area contributed by atoms with E-state index in [4.69, 9.17) is 4.74 Å². The molecule has 1 unspecified atom stereocenters. The maximum Gasteiger partial charge on any atom is 0.0805 e. The number of anilines is 1. The summed E-state index contributed by atoms with van der Waals surface area (Å²) in [6.45, 7) is 12.2. The molecule has 1 aliphatic rings. The molecule has 19 heavy (non-hydrogen) atoms. The predicted octanol–water partition coefficient (Wildman–Crippen LogP) is 2.19. The first kappa shape index (κ1) is 14.3. The average Bonchev–Trinajstić information content (AvgIpc) is 2.34. The lowest BCUT2D eigenvalue weighted by Crippen LogP contribution is -2.52. The smallest absolute Gasteiger partial charge is 0.0805 e. The van der Waals surface area contributed by atoms with Crippen LogP contribution in [0.15, 0.2) is 18.3 Å². The zero-order chi connectivity index (χ0) is 13.9. The molecule has 2 rings (SSSR count). The Hall–Kier alpha value is -1.13. The number of hydrogen-bond donors (Lipinski definition) is 1. The van der Waals surface area contributed by atoms with Crippen molar-refractivity contribution in [3.8, 4) is 0 Å². The number of rotatable bonds is 4. The van der Waals surface area contributed by atoms with Crippen LogP contribution in [0.3, 0.4) is 0 Å². The third-order valence-corrected chi connectivity index (χ3v) is 3.29. The molecule has 1 aromatic heterocycles. The zero-order valence-corrected chi connectivity index (χ0v) is 12.4. The summed E-state index contributed by atoms with van der Waals surface area (Å²) in [6, 6.07) is 4.26. The summed E-state index contributed by atoms with van der Waals surface area (Å²) in [5.41, 5.74) is 2.24. The number of nitrogens with one attached hydrogen (secondary N) is 1. The van der Waals surface area contributed by atoms with Crippen molar-refractivity contribution in [2.45, 2.75) is 45.9 Å². The molecule has 1 aromatic rings. The van der Waals surface area contributed by atoms with Crippen molar-refractivity contribution < 1.29 is 4.74 Å². The van der Waals surface area contributed by atoms with Crippen LogP contribution >= 0.6 is 0 Å². The van der Waals surface area contributed by atoms with Crippen LogP contribution in [-0.2, 0) is 11.3 Å². The van der Waals surface area contributed by atoms with E-state index in [9.17, 15) is 0 Å². The highest BCUT2D eigenvalue weighted by Gasteiger charge is 2.31. The van der Waals surface area contributed by atoms with Gasteiger partial charge in [-0.15, -0.1) is 0 Å². The Labute approximate surface area is 116 Å². The number of nitrogens with zero attached hydrogens (tertiary/aromatic N) is 2. The Morgan fingerprint density at radius 3 is 3.00 bits per heavy atom. The van der Waals surface area contributed by atoms with Gasteiger partial charge in [-0.05, 0) is 39.4 Å².